The number of carbonyl (C=O) groups is 2. The molecule has 13 heteroatoms. The van der Waals surface area contributed by atoms with Gasteiger partial charge in [0, 0.05) is 39.6 Å². The van der Waals surface area contributed by atoms with Crippen molar-refractivity contribution in [2.24, 2.45) is 10.2 Å². The van der Waals surface area contributed by atoms with Crippen LogP contribution in [0.2, 0.25) is 0 Å². The molecule has 0 fully saturated rings. The van der Waals surface area contributed by atoms with Gasteiger partial charge in [0.25, 0.3) is 11.8 Å². The van der Waals surface area contributed by atoms with Gasteiger partial charge in [-0.2, -0.15) is 10.2 Å². The molecule has 2 N–H and O–H groups in total. The molecule has 0 aliphatic heterocycles. The van der Waals surface area contributed by atoms with Crippen LogP contribution in [-0.2, 0) is 9.59 Å². The molecule has 3 aromatic rings. The summed E-state index contributed by atoms with van der Waals surface area (Å²) in [5.41, 5.74) is 9.06. The van der Waals surface area contributed by atoms with Crippen molar-refractivity contribution in [3.05, 3.63) is 59.7 Å². The molecule has 2 aromatic carbocycles. The zero-order valence-corrected chi connectivity index (χ0v) is 25.1. The summed E-state index contributed by atoms with van der Waals surface area (Å²) >= 11 is 3.91. The smallest absolute Gasteiger partial charge is 0.253 e. The van der Waals surface area contributed by atoms with E-state index in [2.05, 4.69) is 31.3 Å². The minimum absolute atomic E-state index is 0.243. The maximum atomic E-state index is 12.4. The van der Waals surface area contributed by atoms with Crippen molar-refractivity contribution in [3.63, 3.8) is 0 Å². The first-order valence-electron chi connectivity index (χ1n) is 12.0. The van der Waals surface area contributed by atoms with Gasteiger partial charge in [0.1, 0.15) is 0 Å². The maximum absolute atomic E-state index is 12.4. The highest BCUT2D eigenvalue weighted by atomic mass is 32.2. The third kappa shape index (κ3) is 9.68. The van der Waals surface area contributed by atoms with Crippen LogP contribution in [0.4, 0.5) is 11.4 Å². The number of aromatic nitrogens is 2. The zero-order valence-electron chi connectivity index (χ0n) is 22.7. The van der Waals surface area contributed by atoms with Crippen molar-refractivity contribution in [2.75, 3.05) is 38.0 Å². The number of anilines is 2. The lowest BCUT2D eigenvalue weighted by Crippen LogP contribution is -2.26. The number of hydrogen-bond donors (Lipinski definition) is 2. The van der Waals surface area contributed by atoms with Crippen LogP contribution >= 0.6 is 34.9 Å². The second-order valence-corrected chi connectivity index (χ2v) is 12.9. The molecule has 0 unspecified atom stereocenters. The molecule has 0 bridgehead atoms. The summed E-state index contributed by atoms with van der Waals surface area (Å²) in [6, 6.07) is 15.7. The second kappa shape index (κ2) is 14.7. The van der Waals surface area contributed by atoms with Crippen molar-refractivity contribution < 1.29 is 9.59 Å². The van der Waals surface area contributed by atoms with Crippen molar-refractivity contribution in [1.29, 1.82) is 0 Å². The fraction of sp³-hybridized carbons (Fsp3) is 0.308. The molecule has 0 aliphatic carbocycles. The summed E-state index contributed by atoms with van der Waals surface area (Å²) in [5.74, 6) is -0.486. The Kier molecular flexibility index (Phi) is 11.3. The van der Waals surface area contributed by atoms with Crippen LogP contribution < -0.4 is 20.7 Å². The molecular weight excluding hydrogens is 553 g/mol. The molecule has 0 radical (unpaired) electrons. The topological polar surface area (TPSA) is 115 Å². The van der Waals surface area contributed by atoms with Gasteiger partial charge in [-0.15, -0.1) is 10.2 Å². The highest BCUT2D eigenvalue weighted by Crippen LogP contribution is 2.33. The predicted octanol–water partition coefficient (Wildman–Crippen LogP) is 3.93. The first-order valence-corrected chi connectivity index (χ1v) is 14.6. The highest BCUT2D eigenvalue weighted by molar-refractivity contribution is 8.04. The Labute approximate surface area is 241 Å². The molecule has 0 spiro atoms. The van der Waals surface area contributed by atoms with Gasteiger partial charge >= 0.3 is 0 Å². The number of carbonyl (C=O) groups excluding carboxylic acids is 2. The van der Waals surface area contributed by atoms with Crippen molar-refractivity contribution in [3.8, 4) is 0 Å². The largest absolute Gasteiger partial charge is 0.378 e. The Morgan fingerprint density at radius 1 is 0.744 bits per heavy atom. The van der Waals surface area contributed by atoms with Gasteiger partial charge < -0.3 is 9.80 Å². The minimum Gasteiger partial charge on any atom is -0.378 e. The van der Waals surface area contributed by atoms with Gasteiger partial charge in [0.15, 0.2) is 8.68 Å². The number of hydrazone groups is 2. The van der Waals surface area contributed by atoms with Gasteiger partial charge in [-0.25, -0.2) is 10.9 Å². The normalized spacial score (nSPS) is 12.9. The molecule has 0 aliphatic rings. The first-order chi connectivity index (χ1) is 18.6. The lowest BCUT2D eigenvalue weighted by Gasteiger charge is -2.11. The second-order valence-electron chi connectivity index (χ2n) is 8.79. The Balaban J connectivity index is 1.43. The van der Waals surface area contributed by atoms with E-state index in [1.807, 2.05) is 86.5 Å². The first kappa shape index (κ1) is 30.1. The van der Waals surface area contributed by atoms with Gasteiger partial charge in [-0.1, -0.05) is 59.1 Å². The number of thioether (sulfide) groups is 2. The van der Waals surface area contributed by atoms with Gasteiger partial charge in [-0.3, -0.25) is 9.59 Å². The monoisotopic (exact) mass is 584 g/mol. The van der Waals surface area contributed by atoms with E-state index < -0.39 is 10.5 Å². The van der Waals surface area contributed by atoms with E-state index in [4.69, 9.17) is 0 Å². The molecule has 1 heterocycles. The molecular formula is C26H32N8O2S3. The molecule has 1 aromatic heterocycles. The molecule has 3 rings (SSSR count). The van der Waals surface area contributed by atoms with Crippen LogP contribution in [0, 0.1) is 0 Å². The molecule has 0 saturated heterocycles. The molecule has 0 saturated carbocycles. The molecule has 39 heavy (non-hydrogen) atoms. The number of hydrogen-bond acceptors (Lipinski definition) is 11. The Morgan fingerprint density at radius 2 is 1.10 bits per heavy atom. The van der Waals surface area contributed by atoms with Crippen LogP contribution in [0.15, 0.2) is 67.4 Å². The quantitative estimate of drug-likeness (QED) is 0.187. The summed E-state index contributed by atoms with van der Waals surface area (Å²) in [6.45, 7) is 3.55. The molecule has 10 nitrogen and oxygen atoms in total. The van der Waals surface area contributed by atoms with Gasteiger partial charge in [-0.05, 0) is 49.2 Å². The minimum atomic E-state index is -0.425. The summed E-state index contributed by atoms with van der Waals surface area (Å²) in [7, 11) is 7.90. The summed E-state index contributed by atoms with van der Waals surface area (Å²) in [4.78, 5) is 28.9. The van der Waals surface area contributed by atoms with Crippen LogP contribution in [0.25, 0.3) is 0 Å². The van der Waals surface area contributed by atoms with E-state index in [0.717, 1.165) is 22.5 Å². The number of nitrogens with one attached hydrogen (secondary N) is 2. The van der Waals surface area contributed by atoms with E-state index in [1.54, 1.807) is 26.3 Å². The Bertz CT molecular complexity index is 1190. The fourth-order valence-corrected chi connectivity index (χ4v) is 6.24. The van der Waals surface area contributed by atoms with Crippen molar-refractivity contribution in [2.45, 2.75) is 33.0 Å². The highest BCUT2D eigenvalue weighted by Gasteiger charge is 2.20. The lowest BCUT2D eigenvalue weighted by molar-refractivity contribution is -0.121. The van der Waals surface area contributed by atoms with Gasteiger partial charge in [0.05, 0.1) is 22.9 Å². The lowest BCUT2D eigenvalue weighted by atomic mass is 10.2. The standard InChI is InChI=1S/C26H32N8O2S3/c1-17(23(35)29-27-15-19-7-11-21(12-8-19)33(3)4)37-25-31-32-26(39-25)38-18(2)24(36)30-28-16-20-9-13-22(14-10-20)34(5)6/h7-18H,1-6H3,(H,29,35)(H,30,36)/b27-15-,28-16-/t17-,18+. The third-order valence-corrected chi connectivity index (χ3v) is 8.57. The number of nitrogens with zero attached hydrogens (tertiary/aromatic N) is 6. The SMILES string of the molecule is C[C@H](Sc1nnc(S[C@H](C)C(=O)N/N=C\c2ccc(N(C)C)cc2)s1)C(=O)N/N=C\c1ccc(N(C)C)cc1. The zero-order chi connectivity index (χ0) is 28.4. The third-order valence-electron chi connectivity index (χ3n) is 5.28. The van der Waals surface area contributed by atoms with Crippen molar-refractivity contribution >= 4 is 70.5 Å². The Hall–Kier alpha value is -3.42. The molecule has 2 amide bonds. The number of amides is 2. The maximum Gasteiger partial charge on any atom is 0.253 e. The number of rotatable bonds is 12. The van der Waals surface area contributed by atoms with E-state index in [1.165, 1.54) is 34.9 Å². The van der Waals surface area contributed by atoms with Crippen LogP contribution in [0.5, 0.6) is 0 Å². The van der Waals surface area contributed by atoms with Crippen molar-refractivity contribution in [1.82, 2.24) is 21.0 Å². The fourth-order valence-electron chi connectivity index (χ4n) is 2.94. The molecule has 206 valence electrons. The van der Waals surface area contributed by atoms with E-state index in [-0.39, 0.29) is 11.8 Å². The van der Waals surface area contributed by atoms with Crippen LogP contribution in [0.3, 0.4) is 0 Å². The number of benzene rings is 2. The summed E-state index contributed by atoms with van der Waals surface area (Å²) in [5, 5.41) is 15.5. The van der Waals surface area contributed by atoms with E-state index in [0.29, 0.717) is 8.68 Å². The molecule has 2 atom stereocenters. The summed E-state index contributed by atoms with van der Waals surface area (Å²) < 4.78 is 1.27. The van der Waals surface area contributed by atoms with E-state index >= 15 is 0 Å². The van der Waals surface area contributed by atoms with Crippen LogP contribution in [-0.4, -0.2) is 73.1 Å². The average Bonchev–Trinajstić information content (AvgIpc) is 3.35. The van der Waals surface area contributed by atoms with Gasteiger partial charge in [0.2, 0.25) is 0 Å². The Morgan fingerprint density at radius 3 is 1.44 bits per heavy atom. The van der Waals surface area contributed by atoms with E-state index in [9.17, 15) is 9.59 Å². The summed E-state index contributed by atoms with van der Waals surface area (Å²) in [6.07, 6.45) is 3.21. The predicted molar refractivity (Wildman–Crippen MR) is 164 cm³/mol. The average molecular weight is 585 g/mol. The van der Waals surface area contributed by atoms with Crippen LogP contribution in [0.1, 0.15) is 25.0 Å².